The van der Waals surface area contributed by atoms with Crippen molar-refractivity contribution in [1.82, 2.24) is 9.80 Å². The summed E-state index contributed by atoms with van der Waals surface area (Å²) in [6, 6.07) is 4.14. The standard InChI is InChI=1S/C41H50N2O8.ClH/c1-7-10-30-22-32-26(3)34(24-42-12-18-46-19-13-42)40(44)50-38(32)28(5)36(30)48-16-9-17-49-37-29(6)39-33(23-31(37)11-8-2)27(4)35(41(45)51-39)25-43-14-20-47-21-15-43;/h7-8,22-23H,1-2,9-21,24-25H2,3-6H3;1H. The molecule has 280 valence electrons. The van der Waals surface area contributed by atoms with E-state index in [0.717, 1.165) is 70.3 Å². The molecule has 2 aromatic heterocycles. The molecule has 0 radical (unpaired) electrons. The molecule has 0 saturated carbocycles. The van der Waals surface area contributed by atoms with Crippen LogP contribution in [-0.2, 0) is 35.4 Å². The summed E-state index contributed by atoms with van der Waals surface area (Å²) in [4.78, 5) is 30.9. The Morgan fingerprint density at radius 3 is 1.40 bits per heavy atom. The van der Waals surface area contributed by atoms with Gasteiger partial charge in [-0.25, -0.2) is 9.59 Å². The van der Waals surface area contributed by atoms with Crippen LogP contribution in [0, 0.1) is 27.7 Å². The van der Waals surface area contributed by atoms with Gasteiger partial charge in [0.25, 0.3) is 0 Å². The molecule has 10 nitrogen and oxygen atoms in total. The molecule has 0 bridgehead atoms. The van der Waals surface area contributed by atoms with Gasteiger partial charge in [0.1, 0.15) is 22.7 Å². The number of nitrogens with zero attached hydrogens (tertiary/aromatic N) is 2. The molecule has 0 spiro atoms. The number of aryl methyl sites for hydroxylation is 4. The van der Waals surface area contributed by atoms with Crippen LogP contribution in [0.4, 0.5) is 0 Å². The summed E-state index contributed by atoms with van der Waals surface area (Å²) in [5.41, 5.74) is 7.26. The van der Waals surface area contributed by atoms with E-state index in [-0.39, 0.29) is 23.7 Å². The highest BCUT2D eigenvalue weighted by molar-refractivity contribution is 5.88. The lowest BCUT2D eigenvalue weighted by Crippen LogP contribution is -2.37. The first-order chi connectivity index (χ1) is 24.7. The molecule has 2 saturated heterocycles. The average Bonchev–Trinajstić information content (AvgIpc) is 3.13. The fourth-order valence-electron chi connectivity index (χ4n) is 7.22. The number of fused-ring (bicyclic) bond motifs is 2. The van der Waals surface area contributed by atoms with Crippen LogP contribution >= 0.6 is 12.4 Å². The zero-order valence-electron chi connectivity index (χ0n) is 30.9. The normalized spacial score (nSPS) is 15.5. The van der Waals surface area contributed by atoms with Crippen molar-refractivity contribution in [3.05, 3.63) is 103 Å². The summed E-state index contributed by atoms with van der Waals surface area (Å²) >= 11 is 0. The quantitative estimate of drug-likeness (QED) is 0.0808. The molecule has 0 aliphatic carbocycles. The van der Waals surface area contributed by atoms with Crippen LogP contribution in [0.3, 0.4) is 0 Å². The Labute approximate surface area is 311 Å². The lowest BCUT2D eigenvalue weighted by molar-refractivity contribution is 0.0336. The van der Waals surface area contributed by atoms with Crippen molar-refractivity contribution in [1.29, 1.82) is 0 Å². The third kappa shape index (κ3) is 8.32. The highest BCUT2D eigenvalue weighted by atomic mass is 35.5. The van der Waals surface area contributed by atoms with Crippen LogP contribution in [-0.4, -0.2) is 75.6 Å². The third-order valence-corrected chi connectivity index (χ3v) is 10.1. The van der Waals surface area contributed by atoms with E-state index in [9.17, 15) is 9.59 Å². The lowest BCUT2D eigenvalue weighted by atomic mass is 9.98. The van der Waals surface area contributed by atoms with Crippen LogP contribution in [0.25, 0.3) is 21.9 Å². The van der Waals surface area contributed by atoms with Gasteiger partial charge < -0.3 is 27.8 Å². The van der Waals surface area contributed by atoms with E-state index in [1.165, 1.54) is 0 Å². The maximum atomic E-state index is 13.2. The fourth-order valence-corrected chi connectivity index (χ4v) is 7.22. The second kappa shape index (κ2) is 17.7. The Hall–Kier alpha value is -3.93. The minimum atomic E-state index is -0.314. The van der Waals surface area contributed by atoms with Crippen LogP contribution < -0.4 is 20.7 Å². The van der Waals surface area contributed by atoms with Gasteiger partial charge in [-0.1, -0.05) is 12.2 Å². The highest BCUT2D eigenvalue weighted by Crippen LogP contribution is 2.36. The summed E-state index contributed by atoms with van der Waals surface area (Å²) in [6.07, 6.45) is 5.53. The van der Waals surface area contributed by atoms with Crippen molar-refractivity contribution in [3.8, 4) is 11.5 Å². The number of halogens is 1. The summed E-state index contributed by atoms with van der Waals surface area (Å²) in [6.45, 7) is 23.5. The van der Waals surface area contributed by atoms with Gasteiger partial charge in [-0.2, -0.15) is 0 Å². The Balaban J connectivity index is 0.00000523. The first kappa shape index (κ1) is 39.3. The molecule has 2 fully saturated rings. The minimum absolute atomic E-state index is 0. The number of ether oxygens (including phenoxy) is 4. The molecule has 2 aliphatic rings. The average molecular weight is 735 g/mol. The Bertz CT molecular complexity index is 1890. The van der Waals surface area contributed by atoms with E-state index < -0.39 is 0 Å². The van der Waals surface area contributed by atoms with Gasteiger partial charge in [0.15, 0.2) is 0 Å². The number of benzene rings is 2. The van der Waals surface area contributed by atoms with Crippen LogP contribution in [0.1, 0.15) is 50.9 Å². The van der Waals surface area contributed by atoms with Gasteiger partial charge in [-0.05, 0) is 74.9 Å². The molecule has 2 aromatic carbocycles. The van der Waals surface area contributed by atoms with Crippen molar-refractivity contribution in [3.63, 3.8) is 0 Å². The molecule has 4 aromatic rings. The minimum Gasteiger partial charge on any atom is -0.493 e. The van der Waals surface area contributed by atoms with Crippen LogP contribution in [0.5, 0.6) is 11.5 Å². The monoisotopic (exact) mass is 734 g/mol. The van der Waals surface area contributed by atoms with Crippen LogP contribution in [0.15, 0.2) is 55.9 Å². The third-order valence-electron chi connectivity index (χ3n) is 10.1. The maximum absolute atomic E-state index is 13.2. The maximum Gasteiger partial charge on any atom is 0.341 e. The van der Waals surface area contributed by atoms with Gasteiger partial charge in [0, 0.05) is 67.6 Å². The summed E-state index contributed by atoms with van der Waals surface area (Å²) < 4.78 is 35.6. The summed E-state index contributed by atoms with van der Waals surface area (Å²) in [7, 11) is 0. The Morgan fingerprint density at radius 2 is 1.04 bits per heavy atom. The molecule has 52 heavy (non-hydrogen) atoms. The molecule has 4 heterocycles. The number of morpholine rings is 2. The Kier molecular flexibility index (Phi) is 13.4. The second-order valence-electron chi connectivity index (χ2n) is 13.5. The van der Waals surface area contributed by atoms with Crippen molar-refractivity contribution in [2.75, 3.05) is 65.8 Å². The summed E-state index contributed by atoms with van der Waals surface area (Å²) in [5.74, 6) is 1.40. The van der Waals surface area contributed by atoms with E-state index in [0.29, 0.717) is 106 Å². The predicted octanol–water partition coefficient (Wildman–Crippen LogP) is 6.52. The zero-order valence-corrected chi connectivity index (χ0v) is 31.7. The molecular weight excluding hydrogens is 684 g/mol. The summed E-state index contributed by atoms with van der Waals surface area (Å²) in [5, 5.41) is 1.83. The van der Waals surface area contributed by atoms with Gasteiger partial charge >= 0.3 is 11.3 Å². The SMILES string of the molecule is C=CCc1cc2c(C)c(CN3CCOCC3)c(=O)oc2c(C)c1OCCCOc1c(CC=C)cc2c(C)c(CN3CCOCC3)c(=O)oc2c1C.Cl. The molecule has 0 atom stereocenters. The molecular formula is C41H51ClN2O8. The molecule has 0 N–H and O–H groups in total. The van der Waals surface area contributed by atoms with E-state index >= 15 is 0 Å². The van der Waals surface area contributed by atoms with Gasteiger partial charge in [0.05, 0.1) is 50.8 Å². The number of hydrogen-bond acceptors (Lipinski definition) is 10. The molecule has 0 amide bonds. The van der Waals surface area contributed by atoms with Gasteiger partial charge in [0.2, 0.25) is 0 Å². The predicted molar refractivity (Wildman–Crippen MR) is 207 cm³/mol. The fraction of sp³-hybridized carbons (Fsp3) is 0.463. The largest absolute Gasteiger partial charge is 0.493 e. The molecule has 2 aliphatic heterocycles. The first-order valence-electron chi connectivity index (χ1n) is 18.0. The Morgan fingerprint density at radius 1 is 0.654 bits per heavy atom. The zero-order chi connectivity index (χ0) is 36.1. The van der Waals surface area contributed by atoms with Crippen molar-refractivity contribution in [2.45, 2.75) is 60.0 Å². The van der Waals surface area contributed by atoms with E-state index in [1.807, 2.05) is 39.8 Å². The van der Waals surface area contributed by atoms with E-state index in [1.54, 1.807) is 0 Å². The molecule has 11 heteroatoms. The topological polar surface area (TPSA) is 104 Å². The molecule has 0 unspecified atom stereocenters. The lowest BCUT2D eigenvalue weighted by Gasteiger charge is -2.27. The van der Waals surface area contributed by atoms with Crippen molar-refractivity contribution >= 4 is 34.3 Å². The van der Waals surface area contributed by atoms with Gasteiger partial charge in [-0.15, -0.1) is 25.6 Å². The smallest absolute Gasteiger partial charge is 0.341 e. The highest BCUT2D eigenvalue weighted by Gasteiger charge is 2.23. The number of allylic oxidation sites excluding steroid dienone is 2. The first-order valence-corrected chi connectivity index (χ1v) is 18.0. The second-order valence-corrected chi connectivity index (χ2v) is 13.5. The number of hydrogen-bond donors (Lipinski definition) is 0. The van der Waals surface area contributed by atoms with Crippen LogP contribution in [0.2, 0.25) is 0 Å². The van der Waals surface area contributed by atoms with E-state index in [2.05, 4.69) is 35.1 Å². The number of rotatable bonds is 14. The van der Waals surface area contributed by atoms with Gasteiger partial charge in [-0.3, -0.25) is 9.80 Å². The van der Waals surface area contributed by atoms with E-state index in [4.69, 9.17) is 27.8 Å². The van der Waals surface area contributed by atoms with Crippen molar-refractivity contribution < 1.29 is 27.8 Å². The molecule has 6 rings (SSSR count). The van der Waals surface area contributed by atoms with Crippen molar-refractivity contribution in [2.24, 2.45) is 0 Å².